The van der Waals surface area contributed by atoms with Crippen molar-refractivity contribution in [2.45, 2.75) is 25.3 Å². The third kappa shape index (κ3) is 2.72. The first-order valence-electron chi connectivity index (χ1n) is 9.05. The van der Waals surface area contributed by atoms with E-state index in [1.165, 1.54) is 42.6 Å². The number of pyridine rings is 1. The second-order valence-electron chi connectivity index (χ2n) is 6.99. The van der Waals surface area contributed by atoms with Gasteiger partial charge in [0.2, 0.25) is 0 Å². The first kappa shape index (κ1) is 15.7. The zero-order valence-electron chi connectivity index (χ0n) is 14.3. The standard InChI is InChI=1S/C19H26N4O/c1-20-8-3-9-22-10-7-15(13-22)23-11-6-14-12-21-19(24)16-4-2-5-17(23)18(14)16/h2,4-5,12,15,20H,3,6-11,13H2,1H3,(H,21,24). The highest BCUT2D eigenvalue weighted by Gasteiger charge is 2.30. The van der Waals surface area contributed by atoms with Gasteiger partial charge in [-0.1, -0.05) is 6.07 Å². The van der Waals surface area contributed by atoms with E-state index in [1.807, 2.05) is 25.4 Å². The molecule has 0 radical (unpaired) electrons. The molecule has 0 amide bonds. The Hall–Kier alpha value is -1.85. The van der Waals surface area contributed by atoms with Crippen LogP contribution in [-0.4, -0.2) is 55.7 Å². The van der Waals surface area contributed by atoms with E-state index in [4.69, 9.17) is 0 Å². The Kier molecular flexibility index (Phi) is 4.29. The van der Waals surface area contributed by atoms with Crippen LogP contribution in [0.1, 0.15) is 18.4 Å². The summed E-state index contributed by atoms with van der Waals surface area (Å²) in [7, 11) is 2.01. The van der Waals surface area contributed by atoms with Gasteiger partial charge in [0, 0.05) is 48.3 Å². The Bertz CT molecular complexity index is 785. The molecule has 1 saturated heterocycles. The van der Waals surface area contributed by atoms with Crippen molar-refractivity contribution in [3.05, 3.63) is 40.3 Å². The van der Waals surface area contributed by atoms with Crippen molar-refractivity contribution in [1.29, 1.82) is 0 Å². The van der Waals surface area contributed by atoms with Crippen LogP contribution in [-0.2, 0) is 6.42 Å². The third-order valence-corrected chi connectivity index (χ3v) is 5.51. The molecule has 1 fully saturated rings. The topological polar surface area (TPSA) is 51.4 Å². The van der Waals surface area contributed by atoms with Crippen LogP contribution in [0.2, 0.25) is 0 Å². The van der Waals surface area contributed by atoms with Crippen LogP contribution in [0, 0.1) is 0 Å². The van der Waals surface area contributed by atoms with E-state index >= 15 is 0 Å². The predicted molar refractivity (Wildman–Crippen MR) is 99.0 cm³/mol. The van der Waals surface area contributed by atoms with Crippen LogP contribution >= 0.6 is 0 Å². The fraction of sp³-hybridized carbons (Fsp3) is 0.526. The highest BCUT2D eigenvalue weighted by atomic mass is 16.1. The second kappa shape index (κ2) is 6.57. The number of rotatable bonds is 5. The highest BCUT2D eigenvalue weighted by molar-refractivity contribution is 5.97. The average molecular weight is 326 g/mol. The van der Waals surface area contributed by atoms with E-state index in [9.17, 15) is 4.79 Å². The van der Waals surface area contributed by atoms with Gasteiger partial charge in [0.15, 0.2) is 0 Å². The molecule has 1 atom stereocenters. The molecule has 0 aliphatic carbocycles. The summed E-state index contributed by atoms with van der Waals surface area (Å²) in [6.45, 7) is 5.63. The maximum atomic E-state index is 12.2. The molecule has 24 heavy (non-hydrogen) atoms. The molecule has 3 heterocycles. The number of aromatic nitrogens is 1. The summed E-state index contributed by atoms with van der Waals surface area (Å²) in [5, 5.41) is 5.23. The van der Waals surface area contributed by atoms with Crippen LogP contribution in [0.3, 0.4) is 0 Å². The van der Waals surface area contributed by atoms with Gasteiger partial charge in [-0.2, -0.15) is 0 Å². The van der Waals surface area contributed by atoms with Gasteiger partial charge in [-0.15, -0.1) is 0 Å². The smallest absolute Gasteiger partial charge is 0.255 e. The molecular weight excluding hydrogens is 300 g/mol. The summed E-state index contributed by atoms with van der Waals surface area (Å²) >= 11 is 0. The van der Waals surface area contributed by atoms with Crippen molar-refractivity contribution in [2.24, 2.45) is 0 Å². The summed E-state index contributed by atoms with van der Waals surface area (Å²) in [5.74, 6) is 0. The maximum absolute atomic E-state index is 12.2. The van der Waals surface area contributed by atoms with Crippen LogP contribution in [0.25, 0.3) is 10.8 Å². The van der Waals surface area contributed by atoms with Crippen LogP contribution in [0.4, 0.5) is 5.69 Å². The molecule has 2 aromatic rings. The van der Waals surface area contributed by atoms with Crippen molar-refractivity contribution in [2.75, 3.05) is 44.7 Å². The van der Waals surface area contributed by atoms with Crippen molar-refractivity contribution >= 4 is 16.5 Å². The number of anilines is 1. The first-order valence-corrected chi connectivity index (χ1v) is 9.05. The lowest BCUT2D eigenvalue weighted by Gasteiger charge is -2.36. The molecular formula is C19H26N4O. The van der Waals surface area contributed by atoms with Crippen molar-refractivity contribution in [3.8, 4) is 0 Å². The third-order valence-electron chi connectivity index (χ3n) is 5.51. The molecule has 4 rings (SSSR count). The number of nitrogens with one attached hydrogen (secondary N) is 2. The lowest BCUT2D eigenvalue weighted by Crippen LogP contribution is -2.41. The number of likely N-dealkylation sites (tertiary alicyclic amines) is 1. The summed E-state index contributed by atoms with van der Waals surface area (Å²) in [6, 6.07) is 6.73. The van der Waals surface area contributed by atoms with Gasteiger partial charge < -0.3 is 20.1 Å². The van der Waals surface area contributed by atoms with Crippen molar-refractivity contribution < 1.29 is 0 Å². The largest absolute Gasteiger partial charge is 0.366 e. The van der Waals surface area contributed by atoms with Gasteiger partial charge in [0.05, 0.1) is 0 Å². The van der Waals surface area contributed by atoms with Crippen molar-refractivity contribution in [3.63, 3.8) is 0 Å². The van der Waals surface area contributed by atoms with E-state index in [2.05, 4.69) is 26.2 Å². The van der Waals surface area contributed by atoms with Gasteiger partial charge in [-0.25, -0.2) is 0 Å². The number of H-pyrrole nitrogens is 1. The van der Waals surface area contributed by atoms with Crippen molar-refractivity contribution in [1.82, 2.24) is 15.2 Å². The predicted octanol–water partition coefficient (Wildman–Crippen LogP) is 1.57. The number of hydrogen-bond donors (Lipinski definition) is 2. The second-order valence-corrected chi connectivity index (χ2v) is 6.99. The molecule has 1 aromatic carbocycles. The van der Waals surface area contributed by atoms with E-state index < -0.39 is 0 Å². The SMILES string of the molecule is CNCCCN1CCC(N2CCc3c[nH]c(=O)c4cccc2c34)C1. The number of benzene rings is 1. The molecule has 0 bridgehead atoms. The van der Waals surface area contributed by atoms with Crippen LogP contribution in [0.5, 0.6) is 0 Å². The molecule has 128 valence electrons. The molecule has 5 heteroatoms. The minimum absolute atomic E-state index is 0.0255. The summed E-state index contributed by atoms with van der Waals surface area (Å²) in [5.41, 5.74) is 2.56. The average Bonchev–Trinajstić information content (AvgIpc) is 3.07. The van der Waals surface area contributed by atoms with E-state index in [1.54, 1.807) is 0 Å². The zero-order chi connectivity index (χ0) is 16.5. The minimum atomic E-state index is 0.0255. The normalized spacial score (nSPS) is 20.9. The Morgan fingerprint density at radius 2 is 2.25 bits per heavy atom. The van der Waals surface area contributed by atoms with Gasteiger partial charge in [0.1, 0.15) is 0 Å². The van der Waals surface area contributed by atoms with E-state index in [-0.39, 0.29) is 5.56 Å². The van der Waals surface area contributed by atoms with Gasteiger partial charge in [-0.05, 0) is 57.1 Å². The molecule has 2 N–H and O–H groups in total. The van der Waals surface area contributed by atoms with Crippen LogP contribution < -0.4 is 15.8 Å². The molecule has 0 saturated carbocycles. The molecule has 1 unspecified atom stereocenters. The number of nitrogens with zero attached hydrogens (tertiary/aromatic N) is 2. The summed E-state index contributed by atoms with van der Waals surface area (Å²) in [4.78, 5) is 20.2. The quantitative estimate of drug-likeness (QED) is 0.819. The lowest BCUT2D eigenvalue weighted by molar-refractivity contribution is 0.326. The molecule has 0 spiro atoms. The van der Waals surface area contributed by atoms with Gasteiger partial charge in [-0.3, -0.25) is 4.79 Å². The Labute approximate surface area is 142 Å². The Morgan fingerprint density at radius 3 is 3.12 bits per heavy atom. The lowest BCUT2D eigenvalue weighted by atomic mass is 9.97. The Morgan fingerprint density at radius 1 is 1.33 bits per heavy atom. The molecule has 2 aliphatic heterocycles. The van der Waals surface area contributed by atoms with E-state index in [0.717, 1.165) is 31.4 Å². The van der Waals surface area contributed by atoms with E-state index in [0.29, 0.717) is 6.04 Å². The monoisotopic (exact) mass is 326 g/mol. The van der Waals surface area contributed by atoms with Gasteiger partial charge >= 0.3 is 0 Å². The molecule has 5 nitrogen and oxygen atoms in total. The minimum Gasteiger partial charge on any atom is -0.366 e. The van der Waals surface area contributed by atoms with Gasteiger partial charge in [0.25, 0.3) is 5.56 Å². The number of hydrogen-bond acceptors (Lipinski definition) is 4. The summed E-state index contributed by atoms with van der Waals surface area (Å²) < 4.78 is 0. The summed E-state index contributed by atoms with van der Waals surface area (Å²) in [6.07, 6.45) is 5.34. The highest BCUT2D eigenvalue weighted by Crippen LogP contribution is 2.35. The molecule has 1 aromatic heterocycles. The zero-order valence-corrected chi connectivity index (χ0v) is 14.3. The maximum Gasteiger partial charge on any atom is 0.255 e. The van der Waals surface area contributed by atoms with Crippen LogP contribution in [0.15, 0.2) is 29.2 Å². The first-order chi connectivity index (χ1) is 11.8. The molecule has 2 aliphatic rings. The Balaban J connectivity index is 1.59. The fourth-order valence-electron chi connectivity index (χ4n) is 4.30. The fourth-order valence-corrected chi connectivity index (χ4v) is 4.30. The number of aromatic amines is 1.